The molecule has 0 saturated heterocycles. The Kier molecular flexibility index (Phi) is 8.56. The Labute approximate surface area is 393 Å². The molecule has 0 amide bonds. The first-order valence-electron chi connectivity index (χ1n) is 26.3. The van der Waals surface area contributed by atoms with Gasteiger partial charge in [-0.15, -0.1) is 53.6 Å². The average Bonchev–Trinajstić information content (AvgIpc) is 3.69. The molecule has 0 unspecified atom stereocenters. The predicted octanol–water partition coefficient (Wildman–Crippen LogP) is 15.8. The maximum Gasteiger partial charge on any atom is 0.121 e. The number of hydrogen-bond donors (Lipinski definition) is 0. The van der Waals surface area contributed by atoms with Gasteiger partial charge in [0.2, 0.25) is 0 Å². The van der Waals surface area contributed by atoms with Crippen LogP contribution in [0.1, 0.15) is 107 Å². The molecule has 3 nitrogen and oxygen atoms in total. The van der Waals surface area contributed by atoms with Crippen molar-refractivity contribution in [2.24, 2.45) is 16.2 Å². The molecule has 0 aliphatic heterocycles. The fourth-order valence-corrected chi connectivity index (χ4v) is 7.71. The fourth-order valence-electron chi connectivity index (χ4n) is 7.71. The molecule has 9 aromatic rings. The largest absolute Gasteiger partial charge is 0.501 e. The normalized spacial score (nSPS) is 16.3. The van der Waals surface area contributed by atoms with Crippen LogP contribution in [0.4, 0.5) is 0 Å². The van der Waals surface area contributed by atoms with Crippen LogP contribution in [0.25, 0.3) is 76.8 Å². The molecule has 0 fully saturated rings. The first-order valence-corrected chi connectivity index (χ1v) is 20.3. The number of fused-ring (bicyclic) bond motifs is 10. The van der Waals surface area contributed by atoms with Crippen LogP contribution in [0.15, 0.2) is 120 Å². The van der Waals surface area contributed by atoms with E-state index in [9.17, 15) is 0 Å². The number of furan rings is 1. The summed E-state index contributed by atoms with van der Waals surface area (Å²) in [4.78, 5) is 8.93. The van der Waals surface area contributed by atoms with E-state index in [2.05, 4.69) is 76.7 Å². The standard InChI is InChI=1S/C35H28NO.C22H30N.Ir/c1-21-20-36-30(18-22(21)19-35(2,3)4)28-14-9-15-29-33-31(37-34(28)29)17-16-27-25-12-6-5-10-23(25)24-11-7-8-13-26(24)32(27)33;1-16-8-10-17(11-9-16)20-12-18(13-21(2,3)4)19(15-23-20)14-22(5,6)7;/h5-13,15-18,20H,19H2,1-4H3;8-10,12,15H,13-14H2,1-7H3;/q2*-1;/i1D3,19D2;1D3,13D2,14D2;. The third kappa shape index (κ3) is 9.52. The first kappa shape index (κ1) is 30.8. The van der Waals surface area contributed by atoms with E-state index in [1.54, 1.807) is 80.5 Å². The number of pyridine rings is 2. The van der Waals surface area contributed by atoms with E-state index >= 15 is 0 Å². The fraction of sp³-hybridized carbons (Fsp3) is 0.298. The van der Waals surface area contributed by atoms with Crippen LogP contribution < -0.4 is 0 Å². The van der Waals surface area contributed by atoms with Gasteiger partial charge in [-0.2, -0.15) is 0 Å². The van der Waals surface area contributed by atoms with E-state index in [1.807, 2.05) is 18.2 Å². The molecule has 1 radical (unpaired) electrons. The minimum Gasteiger partial charge on any atom is -0.501 e. The molecular weight excluding hydrogens is 921 g/mol. The van der Waals surface area contributed by atoms with E-state index in [-0.39, 0.29) is 47.9 Å². The maximum absolute atomic E-state index is 8.94. The molecule has 0 aliphatic carbocycles. The van der Waals surface area contributed by atoms with Crippen molar-refractivity contribution in [3.8, 4) is 22.5 Å². The summed E-state index contributed by atoms with van der Waals surface area (Å²) in [5.74, 6) is 0. The molecule has 313 valence electrons. The molecule has 9 rings (SSSR count). The Bertz CT molecular complexity index is 3500. The van der Waals surface area contributed by atoms with E-state index in [0.717, 1.165) is 32.5 Å². The average molecular weight is 991 g/mol. The molecule has 0 bridgehead atoms. The van der Waals surface area contributed by atoms with Gasteiger partial charge in [-0.1, -0.05) is 152 Å². The third-order valence-electron chi connectivity index (χ3n) is 9.98. The number of aryl methyl sites for hydroxylation is 2. The third-order valence-corrected chi connectivity index (χ3v) is 9.98. The van der Waals surface area contributed by atoms with E-state index in [0.29, 0.717) is 28.1 Å². The molecule has 0 N–H and O–H groups in total. The smallest absolute Gasteiger partial charge is 0.121 e. The molecule has 0 aliphatic rings. The molecule has 0 saturated carbocycles. The minimum absolute atomic E-state index is 0. The van der Waals surface area contributed by atoms with Crippen molar-refractivity contribution in [2.45, 2.75) is 95.1 Å². The molecule has 3 heterocycles. The quantitative estimate of drug-likeness (QED) is 0.127. The topological polar surface area (TPSA) is 38.9 Å². The van der Waals surface area contributed by atoms with E-state index in [4.69, 9.17) is 20.9 Å². The zero-order valence-corrected chi connectivity index (χ0v) is 38.5. The molecule has 0 atom stereocenters. The van der Waals surface area contributed by atoms with Gasteiger partial charge in [0.15, 0.2) is 0 Å². The van der Waals surface area contributed by atoms with Gasteiger partial charge in [-0.05, 0) is 103 Å². The first-order chi connectivity index (χ1) is 33.2. The van der Waals surface area contributed by atoms with Crippen molar-refractivity contribution in [1.29, 1.82) is 0 Å². The van der Waals surface area contributed by atoms with Crippen molar-refractivity contribution in [3.05, 3.63) is 155 Å². The summed E-state index contributed by atoms with van der Waals surface area (Å²) in [6.07, 6.45) is -2.90. The Morgan fingerprint density at radius 3 is 1.79 bits per heavy atom. The van der Waals surface area contributed by atoms with E-state index < -0.39 is 49.1 Å². The Hall–Kier alpha value is -5.15. The van der Waals surface area contributed by atoms with Gasteiger partial charge in [-0.25, -0.2) is 0 Å². The SMILES string of the molecule is [2H]C([2H])([2H])c1c[c-]c(-c2cc(C([2H])([2H])C(C)(C)C)c(C([2H])([2H])C(C)(C)C)cn2)cc1.[2H]C([2H])([2H])c1cnc(-c2[c-]ccc3c2oc2ccc4c5ccccc5c5ccccc5c4c23)cc1C([2H])([2H])C(C)(C)C.[Ir]. The minimum atomic E-state index is -2.52. The van der Waals surface area contributed by atoms with Gasteiger partial charge in [-0.3, -0.25) is 0 Å². The van der Waals surface area contributed by atoms with Gasteiger partial charge in [0, 0.05) is 59.7 Å². The predicted molar refractivity (Wildman–Crippen MR) is 256 cm³/mol. The van der Waals surface area contributed by atoms with Gasteiger partial charge < -0.3 is 14.4 Å². The molecule has 3 aromatic heterocycles. The summed E-state index contributed by atoms with van der Waals surface area (Å²) in [6.45, 7) is 11.2. The summed E-state index contributed by atoms with van der Waals surface area (Å²) in [7, 11) is 0. The summed E-state index contributed by atoms with van der Waals surface area (Å²) in [5.41, 5.74) is 1.44. The van der Waals surface area contributed by atoms with Crippen molar-refractivity contribution >= 4 is 54.3 Å². The number of nitrogens with zero attached hydrogens (tertiary/aromatic N) is 2. The second-order valence-corrected chi connectivity index (χ2v) is 18.5. The van der Waals surface area contributed by atoms with Crippen molar-refractivity contribution in [2.75, 3.05) is 0 Å². The second kappa shape index (κ2) is 17.0. The monoisotopic (exact) mass is 991 g/mol. The Morgan fingerprint density at radius 1 is 0.574 bits per heavy atom. The van der Waals surface area contributed by atoms with Crippen LogP contribution in [0, 0.1) is 42.1 Å². The number of benzene rings is 6. The van der Waals surface area contributed by atoms with Gasteiger partial charge >= 0.3 is 0 Å². The summed E-state index contributed by atoms with van der Waals surface area (Å²) < 4.78 is 106. The summed E-state index contributed by atoms with van der Waals surface area (Å²) >= 11 is 0. The molecule has 6 aromatic carbocycles. The van der Waals surface area contributed by atoms with Crippen LogP contribution in [0.3, 0.4) is 0 Å². The van der Waals surface area contributed by atoms with Gasteiger partial charge in [0.1, 0.15) is 5.58 Å². The summed E-state index contributed by atoms with van der Waals surface area (Å²) in [5, 5.41) is 8.79. The van der Waals surface area contributed by atoms with Gasteiger partial charge in [0.25, 0.3) is 0 Å². The molecule has 0 spiro atoms. The molecule has 61 heavy (non-hydrogen) atoms. The summed E-state index contributed by atoms with van der Waals surface area (Å²) in [6, 6.07) is 38.6. The number of hydrogen-bond acceptors (Lipinski definition) is 3. The van der Waals surface area contributed by atoms with Crippen LogP contribution in [0.2, 0.25) is 0 Å². The molecule has 4 heteroatoms. The van der Waals surface area contributed by atoms with E-state index in [1.165, 1.54) is 40.7 Å². The van der Waals surface area contributed by atoms with Crippen molar-refractivity contribution in [1.82, 2.24) is 9.97 Å². The van der Waals surface area contributed by atoms with Gasteiger partial charge in [0.05, 0.1) is 5.58 Å². The van der Waals surface area contributed by atoms with Crippen LogP contribution in [-0.4, -0.2) is 9.97 Å². The zero-order chi connectivity index (χ0) is 52.9. The number of aromatic nitrogens is 2. The Morgan fingerprint density at radius 2 is 1.16 bits per heavy atom. The second-order valence-electron chi connectivity index (χ2n) is 18.5. The zero-order valence-electron chi connectivity index (χ0n) is 48.1. The van der Waals surface area contributed by atoms with Crippen LogP contribution >= 0.6 is 0 Å². The molecular formula is C57H58IrN2O-2. The van der Waals surface area contributed by atoms with Crippen LogP contribution in [0.5, 0.6) is 0 Å². The van der Waals surface area contributed by atoms with Crippen LogP contribution in [-0.2, 0) is 39.2 Å². The van der Waals surface area contributed by atoms with Crippen molar-refractivity contribution in [3.63, 3.8) is 0 Å². The number of rotatable bonds is 5. The maximum atomic E-state index is 8.94. The Balaban J connectivity index is 0.000000224. The van der Waals surface area contributed by atoms with Crippen molar-refractivity contribution < 1.29 is 41.0 Å².